The molecule has 3 rings (SSSR count). The third-order valence-electron chi connectivity index (χ3n) is 4.83. The quantitative estimate of drug-likeness (QED) is 0.693. The van der Waals surface area contributed by atoms with Crippen LogP contribution in [0.1, 0.15) is 35.7 Å². The van der Waals surface area contributed by atoms with Gasteiger partial charge in [-0.25, -0.2) is 4.79 Å². The average molecular weight is 367 g/mol. The van der Waals surface area contributed by atoms with Crippen LogP contribution in [0.4, 0.5) is 4.79 Å². The maximum absolute atomic E-state index is 12.7. The normalized spacial score (nSPS) is 25.4. The summed E-state index contributed by atoms with van der Waals surface area (Å²) in [6.07, 6.45) is 2.02. The van der Waals surface area contributed by atoms with E-state index in [4.69, 9.17) is 0 Å². The average Bonchev–Trinajstić information content (AvgIpc) is 3.12. The van der Waals surface area contributed by atoms with Gasteiger partial charge in [-0.2, -0.15) is 0 Å². The number of carbonyl (C=O) groups excluding carboxylic acids is 3. The van der Waals surface area contributed by atoms with Crippen LogP contribution in [0.2, 0.25) is 0 Å². The Morgan fingerprint density at radius 1 is 1.32 bits per heavy atom. The zero-order valence-electron chi connectivity index (χ0n) is 14.3. The molecule has 2 aliphatic rings. The number of likely N-dealkylation sites (tertiary alicyclic amines) is 1. The number of halogens is 1. The Morgan fingerprint density at radius 2 is 2.00 bits per heavy atom. The molecule has 2 aliphatic heterocycles. The van der Waals surface area contributed by atoms with E-state index < -0.39 is 11.6 Å². The lowest BCUT2D eigenvalue weighted by molar-refractivity contribution is -0.123. The number of imide groups is 1. The minimum absolute atomic E-state index is 0. The predicted octanol–water partition coefficient (Wildman–Crippen LogP) is 0.987. The minimum atomic E-state index is -1.10. The van der Waals surface area contributed by atoms with E-state index >= 15 is 0 Å². The van der Waals surface area contributed by atoms with Crippen molar-refractivity contribution in [3.05, 3.63) is 35.4 Å². The smallest absolute Gasteiger partial charge is 0.322 e. The molecule has 8 heteroatoms. The van der Waals surface area contributed by atoms with Crippen molar-refractivity contribution in [2.75, 3.05) is 20.1 Å². The second-order valence-electron chi connectivity index (χ2n) is 6.46. The van der Waals surface area contributed by atoms with Crippen LogP contribution in [-0.4, -0.2) is 48.9 Å². The zero-order chi connectivity index (χ0) is 17.3. The van der Waals surface area contributed by atoms with E-state index in [1.54, 1.807) is 31.2 Å². The maximum atomic E-state index is 12.7. The van der Waals surface area contributed by atoms with Crippen LogP contribution in [0, 0.1) is 0 Å². The molecule has 0 bridgehead atoms. The second kappa shape index (κ2) is 7.41. The second-order valence-corrected chi connectivity index (χ2v) is 6.46. The lowest BCUT2D eigenvalue weighted by Crippen LogP contribution is -2.41. The summed E-state index contributed by atoms with van der Waals surface area (Å²) in [5.41, 5.74) is 0.145. The first kappa shape index (κ1) is 19.2. The zero-order valence-corrected chi connectivity index (χ0v) is 15.1. The number of rotatable bonds is 4. The van der Waals surface area contributed by atoms with E-state index in [-0.39, 0.29) is 30.3 Å². The maximum Gasteiger partial charge on any atom is 0.322 e. The van der Waals surface area contributed by atoms with Gasteiger partial charge in [0.1, 0.15) is 5.54 Å². The molecule has 3 N–H and O–H groups in total. The van der Waals surface area contributed by atoms with E-state index in [1.165, 1.54) is 0 Å². The van der Waals surface area contributed by atoms with Gasteiger partial charge >= 0.3 is 6.03 Å². The SMILES string of the molecule is CNCC1CCCN1C(=O)c1ccc(C2(C)NC(=O)NC2=O)cc1.Cl. The van der Waals surface area contributed by atoms with Gasteiger partial charge in [-0.05, 0) is 44.5 Å². The number of hydrogen-bond donors (Lipinski definition) is 3. The van der Waals surface area contributed by atoms with E-state index in [2.05, 4.69) is 16.0 Å². The van der Waals surface area contributed by atoms with Crippen molar-refractivity contribution >= 4 is 30.3 Å². The van der Waals surface area contributed by atoms with Gasteiger partial charge in [-0.3, -0.25) is 14.9 Å². The number of likely N-dealkylation sites (N-methyl/N-ethyl adjacent to an activating group) is 1. The summed E-state index contributed by atoms with van der Waals surface area (Å²) in [5.74, 6) is -0.385. The molecular weight excluding hydrogens is 344 g/mol. The summed E-state index contributed by atoms with van der Waals surface area (Å²) < 4.78 is 0. The molecule has 7 nitrogen and oxygen atoms in total. The van der Waals surface area contributed by atoms with Gasteiger partial charge in [0.05, 0.1) is 0 Å². The number of benzene rings is 1. The van der Waals surface area contributed by atoms with E-state index in [0.29, 0.717) is 11.1 Å². The molecule has 2 heterocycles. The molecule has 1 aromatic carbocycles. The van der Waals surface area contributed by atoms with Gasteiger partial charge in [0.15, 0.2) is 0 Å². The molecule has 2 saturated heterocycles. The summed E-state index contributed by atoms with van der Waals surface area (Å²) >= 11 is 0. The summed E-state index contributed by atoms with van der Waals surface area (Å²) in [4.78, 5) is 38.0. The summed E-state index contributed by atoms with van der Waals surface area (Å²) in [7, 11) is 1.89. The molecule has 0 saturated carbocycles. The number of hydrogen-bond acceptors (Lipinski definition) is 4. The standard InChI is InChI=1S/C17H22N4O3.ClH/c1-17(15(23)19-16(24)20-17)12-7-5-11(6-8-12)14(22)21-9-3-4-13(21)10-18-2;/h5-8,13,18H,3-4,9-10H2,1-2H3,(H2,19,20,23,24);1H. The van der Waals surface area contributed by atoms with E-state index in [9.17, 15) is 14.4 Å². The predicted molar refractivity (Wildman–Crippen MR) is 95.7 cm³/mol. The van der Waals surface area contributed by atoms with Crippen molar-refractivity contribution in [3.8, 4) is 0 Å². The molecule has 0 aliphatic carbocycles. The lowest BCUT2D eigenvalue weighted by atomic mass is 9.91. The Kier molecular flexibility index (Phi) is 5.69. The molecule has 2 atom stereocenters. The first-order chi connectivity index (χ1) is 11.5. The minimum Gasteiger partial charge on any atom is -0.334 e. The van der Waals surface area contributed by atoms with Crippen molar-refractivity contribution in [1.82, 2.24) is 20.9 Å². The summed E-state index contributed by atoms with van der Waals surface area (Å²) in [5, 5.41) is 7.99. The monoisotopic (exact) mass is 366 g/mol. The van der Waals surface area contributed by atoms with Crippen LogP contribution in [0.3, 0.4) is 0 Å². The Bertz CT molecular complexity index is 679. The lowest BCUT2D eigenvalue weighted by Gasteiger charge is -2.25. The molecule has 1 aromatic rings. The fraction of sp³-hybridized carbons (Fsp3) is 0.471. The molecule has 0 spiro atoms. The van der Waals surface area contributed by atoms with Gasteiger partial charge in [0, 0.05) is 24.7 Å². The number of urea groups is 1. The van der Waals surface area contributed by atoms with Gasteiger partial charge in [0.25, 0.3) is 11.8 Å². The molecular formula is C17H23ClN4O3. The van der Waals surface area contributed by atoms with Crippen LogP contribution >= 0.6 is 12.4 Å². The number of carbonyl (C=O) groups is 3. The van der Waals surface area contributed by atoms with Crippen molar-refractivity contribution in [3.63, 3.8) is 0 Å². The van der Waals surface area contributed by atoms with Crippen molar-refractivity contribution < 1.29 is 14.4 Å². The Balaban J connectivity index is 0.00000225. The topological polar surface area (TPSA) is 90.5 Å². The number of nitrogens with one attached hydrogen (secondary N) is 3. The fourth-order valence-corrected chi connectivity index (χ4v) is 3.41. The highest BCUT2D eigenvalue weighted by Gasteiger charge is 2.43. The van der Waals surface area contributed by atoms with Crippen LogP contribution in [0.15, 0.2) is 24.3 Å². The third-order valence-corrected chi connectivity index (χ3v) is 4.83. The van der Waals surface area contributed by atoms with Crippen LogP contribution in [0.25, 0.3) is 0 Å². The third kappa shape index (κ3) is 3.48. The Hall–Kier alpha value is -2.12. The fourth-order valence-electron chi connectivity index (χ4n) is 3.41. The van der Waals surface area contributed by atoms with E-state index in [1.807, 2.05) is 11.9 Å². The molecule has 0 radical (unpaired) electrons. The highest BCUT2D eigenvalue weighted by Crippen LogP contribution is 2.26. The molecule has 25 heavy (non-hydrogen) atoms. The Labute approximate surface area is 152 Å². The molecule has 2 unspecified atom stereocenters. The largest absolute Gasteiger partial charge is 0.334 e. The van der Waals surface area contributed by atoms with Crippen LogP contribution < -0.4 is 16.0 Å². The van der Waals surface area contributed by atoms with Crippen LogP contribution in [0.5, 0.6) is 0 Å². The van der Waals surface area contributed by atoms with Gasteiger partial charge < -0.3 is 15.5 Å². The summed E-state index contributed by atoms with van der Waals surface area (Å²) in [6, 6.07) is 6.60. The number of nitrogens with zero attached hydrogens (tertiary/aromatic N) is 1. The number of amides is 4. The summed E-state index contributed by atoms with van der Waals surface area (Å²) in [6.45, 7) is 3.20. The first-order valence-corrected chi connectivity index (χ1v) is 8.15. The van der Waals surface area contributed by atoms with Crippen LogP contribution in [-0.2, 0) is 10.3 Å². The van der Waals surface area contributed by atoms with E-state index in [0.717, 1.165) is 25.9 Å². The molecule has 4 amide bonds. The highest BCUT2D eigenvalue weighted by atomic mass is 35.5. The highest BCUT2D eigenvalue weighted by molar-refractivity contribution is 6.07. The van der Waals surface area contributed by atoms with Crippen molar-refractivity contribution in [2.45, 2.75) is 31.3 Å². The molecule has 136 valence electrons. The Morgan fingerprint density at radius 3 is 2.56 bits per heavy atom. The first-order valence-electron chi connectivity index (χ1n) is 8.15. The van der Waals surface area contributed by atoms with Crippen molar-refractivity contribution in [1.29, 1.82) is 0 Å². The van der Waals surface area contributed by atoms with Gasteiger partial charge in [0.2, 0.25) is 0 Å². The molecule has 2 fully saturated rings. The van der Waals surface area contributed by atoms with Gasteiger partial charge in [-0.1, -0.05) is 12.1 Å². The van der Waals surface area contributed by atoms with Gasteiger partial charge in [-0.15, -0.1) is 12.4 Å². The molecule has 0 aromatic heterocycles. The van der Waals surface area contributed by atoms with Crippen molar-refractivity contribution in [2.24, 2.45) is 0 Å².